The van der Waals surface area contributed by atoms with E-state index in [0.29, 0.717) is 11.8 Å². The molecule has 0 spiro atoms. The summed E-state index contributed by atoms with van der Waals surface area (Å²) in [7, 11) is 0. The zero-order valence-electron chi connectivity index (χ0n) is 8.77. The van der Waals surface area contributed by atoms with Crippen LogP contribution in [0, 0.1) is 0 Å². The van der Waals surface area contributed by atoms with E-state index < -0.39 is 0 Å². The summed E-state index contributed by atoms with van der Waals surface area (Å²) in [5.41, 5.74) is 1.72. The van der Waals surface area contributed by atoms with Gasteiger partial charge in [-0.1, -0.05) is 19.9 Å². The van der Waals surface area contributed by atoms with E-state index in [1.807, 2.05) is 6.07 Å². The Labute approximate surface area is 88.4 Å². The molecule has 1 heterocycles. The highest BCUT2D eigenvalue weighted by Gasteiger charge is 2.09. The molecule has 0 fully saturated rings. The van der Waals surface area contributed by atoms with Gasteiger partial charge in [0, 0.05) is 5.56 Å². The van der Waals surface area contributed by atoms with E-state index in [4.69, 9.17) is 4.42 Å². The Morgan fingerprint density at radius 1 is 1.33 bits per heavy atom. The average molecular weight is 203 g/mol. The quantitative estimate of drug-likeness (QED) is 0.815. The lowest BCUT2D eigenvalue weighted by Crippen LogP contribution is -1.86. The van der Waals surface area contributed by atoms with Crippen molar-refractivity contribution in [1.82, 2.24) is 4.98 Å². The second-order valence-electron chi connectivity index (χ2n) is 3.78. The lowest BCUT2D eigenvalue weighted by atomic mass is 10.1. The Morgan fingerprint density at radius 2 is 2.13 bits per heavy atom. The molecule has 0 unspecified atom stereocenters. The number of phenolic OH excluding ortho intramolecular Hbond substituents is 1. The Bertz CT molecular complexity index is 460. The summed E-state index contributed by atoms with van der Waals surface area (Å²) in [5.74, 6) is 1.12. The molecule has 0 aliphatic heterocycles. The van der Waals surface area contributed by atoms with Gasteiger partial charge in [-0.05, 0) is 24.1 Å². The molecule has 1 N–H and O–H groups in total. The molecule has 0 radical (unpaired) electrons. The van der Waals surface area contributed by atoms with Crippen LogP contribution in [0.5, 0.6) is 5.75 Å². The fraction of sp³-hybridized carbons (Fsp3) is 0.250. The first-order valence-electron chi connectivity index (χ1n) is 4.91. The van der Waals surface area contributed by atoms with Crippen molar-refractivity contribution in [2.75, 3.05) is 0 Å². The lowest BCUT2D eigenvalue weighted by Gasteiger charge is -1.96. The predicted molar refractivity (Wildman–Crippen MR) is 57.7 cm³/mol. The van der Waals surface area contributed by atoms with Gasteiger partial charge >= 0.3 is 0 Å². The van der Waals surface area contributed by atoms with Gasteiger partial charge in [-0.15, -0.1) is 0 Å². The van der Waals surface area contributed by atoms with Gasteiger partial charge in [0.05, 0.1) is 5.69 Å². The molecular formula is C12H13NO2. The molecule has 78 valence electrons. The summed E-state index contributed by atoms with van der Waals surface area (Å²) in [4.78, 5) is 4.34. The summed E-state index contributed by atoms with van der Waals surface area (Å²) in [6.45, 7) is 4.12. The summed E-state index contributed by atoms with van der Waals surface area (Å²) >= 11 is 0. The number of rotatable bonds is 2. The van der Waals surface area contributed by atoms with Gasteiger partial charge in [0.15, 0.2) is 0 Å². The maximum atomic E-state index is 9.32. The fourth-order valence-electron chi connectivity index (χ4n) is 1.32. The number of hydrogen-bond donors (Lipinski definition) is 1. The Morgan fingerprint density at radius 3 is 2.73 bits per heavy atom. The molecule has 0 atom stereocenters. The van der Waals surface area contributed by atoms with Crippen molar-refractivity contribution in [3.05, 3.63) is 36.2 Å². The average Bonchev–Trinajstić information content (AvgIpc) is 2.66. The maximum Gasteiger partial charge on any atom is 0.226 e. The second-order valence-corrected chi connectivity index (χ2v) is 3.78. The van der Waals surface area contributed by atoms with Crippen LogP contribution >= 0.6 is 0 Å². The smallest absolute Gasteiger partial charge is 0.226 e. The van der Waals surface area contributed by atoms with Crippen molar-refractivity contribution in [2.45, 2.75) is 19.8 Å². The third kappa shape index (κ3) is 2.01. The van der Waals surface area contributed by atoms with E-state index in [1.165, 1.54) is 0 Å². The molecule has 0 saturated carbocycles. The van der Waals surface area contributed by atoms with Crippen LogP contribution in [0.3, 0.4) is 0 Å². The Hall–Kier alpha value is -1.77. The van der Waals surface area contributed by atoms with Gasteiger partial charge in [0.25, 0.3) is 0 Å². The van der Waals surface area contributed by atoms with Crippen LogP contribution < -0.4 is 0 Å². The number of aromatic hydroxyl groups is 1. The minimum absolute atomic E-state index is 0.219. The molecule has 0 saturated heterocycles. The van der Waals surface area contributed by atoms with E-state index in [9.17, 15) is 5.11 Å². The molecule has 0 amide bonds. The van der Waals surface area contributed by atoms with Crippen molar-refractivity contribution in [3.8, 4) is 17.2 Å². The molecule has 2 rings (SSSR count). The van der Waals surface area contributed by atoms with Gasteiger partial charge in [-0.25, -0.2) is 4.98 Å². The standard InChI is InChI=1S/C12H13NO2/c1-8(2)11-7-15-12(13-11)9-4-3-5-10(14)6-9/h3-8,14H,1-2H3. The van der Waals surface area contributed by atoms with Crippen LogP contribution in [0.4, 0.5) is 0 Å². The molecule has 3 heteroatoms. The Kier molecular flexibility index (Phi) is 2.46. The van der Waals surface area contributed by atoms with Gasteiger partial charge in [-0.3, -0.25) is 0 Å². The monoisotopic (exact) mass is 203 g/mol. The lowest BCUT2D eigenvalue weighted by molar-refractivity contribution is 0.475. The number of nitrogens with zero attached hydrogens (tertiary/aromatic N) is 1. The topological polar surface area (TPSA) is 46.3 Å². The zero-order valence-corrected chi connectivity index (χ0v) is 8.77. The zero-order chi connectivity index (χ0) is 10.8. The number of phenols is 1. The molecule has 1 aromatic carbocycles. The highest BCUT2D eigenvalue weighted by Crippen LogP contribution is 2.24. The number of benzene rings is 1. The molecule has 0 aliphatic rings. The van der Waals surface area contributed by atoms with Crippen LogP contribution in [0.15, 0.2) is 34.9 Å². The third-order valence-electron chi connectivity index (χ3n) is 2.21. The van der Waals surface area contributed by atoms with Crippen molar-refractivity contribution < 1.29 is 9.52 Å². The molecule has 1 aromatic heterocycles. The first kappa shape index (κ1) is 9.77. The maximum absolute atomic E-state index is 9.32. The normalized spacial score (nSPS) is 10.9. The SMILES string of the molecule is CC(C)c1coc(-c2cccc(O)c2)n1. The van der Waals surface area contributed by atoms with Crippen LogP contribution in [0.2, 0.25) is 0 Å². The van der Waals surface area contributed by atoms with Crippen molar-refractivity contribution in [3.63, 3.8) is 0 Å². The van der Waals surface area contributed by atoms with Crippen LogP contribution in [-0.2, 0) is 0 Å². The predicted octanol–water partition coefficient (Wildman–Crippen LogP) is 3.17. The fourth-order valence-corrected chi connectivity index (χ4v) is 1.32. The van der Waals surface area contributed by atoms with Crippen LogP contribution in [-0.4, -0.2) is 10.1 Å². The second kappa shape index (κ2) is 3.77. The molecule has 0 aliphatic carbocycles. The summed E-state index contributed by atoms with van der Waals surface area (Å²) < 4.78 is 5.34. The van der Waals surface area contributed by atoms with Crippen molar-refractivity contribution in [1.29, 1.82) is 0 Å². The summed E-state index contributed by atoms with van der Waals surface area (Å²) in [5, 5.41) is 9.32. The molecule has 15 heavy (non-hydrogen) atoms. The van der Waals surface area contributed by atoms with Gasteiger partial charge in [0.2, 0.25) is 5.89 Å². The molecule has 0 bridgehead atoms. The number of hydrogen-bond acceptors (Lipinski definition) is 3. The minimum Gasteiger partial charge on any atom is -0.508 e. The van der Waals surface area contributed by atoms with E-state index in [1.54, 1.807) is 24.5 Å². The van der Waals surface area contributed by atoms with Crippen LogP contribution in [0.25, 0.3) is 11.5 Å². The first-order chi connectivity index (χ1) is 7.16. The van der Waals surface area contributed by atoms with Crippen molar-refractivity contribution in [2.24, 2.45) is 0 Å². The number of aromatic nitrogens is 1. The largest absolute Gasteiger partial charge is 0.508 e. The van der Waals surface area contributed by atoms with Crippen molar-refractivity contribution >= 4 is 0 Å². The molecular weight excluding hydrogens is 190 g/mol. The highest BCUT2D eigenvalue weighted by atomic mass is 16.3. The minimum atomic E-state index is 0.219. The highest BCUT2D eigenvalue weighted by molar-refractivity contribution is 5.55. The van der Waals surface area contributed by atoms with E-state index >= 15 is 0 Å². The third-order valence-corrected chi connectivity index (χ3v) is 2.21. The van der Waals surface area contributed by atoms with Gasteiger partial charge in [0.1, 0.15) is 12.0 Å². The Balaban J connectivity index is 2.37. The first-order valence-corrected chi connectivity index (χ1v) is 4.91. The van der Waals surface area contributed by atoms with E-state index in [-0.39, 0.29) is 5.75 Å². The molecule has 3 nitrogen and oxygen atoms in total. The van der Waals surface area contributed by atoms with E-state index in [0.717, 1.165) is 11.3 Å². The van der Waals surface area contributed by atoms with Gasteiger partial charge < -0.3 is 9.52 Å². The summed E-state index contributed by atoms with van der Waals surface area (Å²) in [6.07, 6.45) is 1.66. The molecule has 2 aromatic rings. The van der Waals surface area contributed by atoms with E-state index in [2.05, 4.69) is 18.8 Å². The van der Waals surface area contributed by atoms with Gasteiger partial charge in [-0.2, -0.15) is 0 Å². The number of oxazole rings is 1. The van der Waals surface area contributed by atoms with Crippen LogP contribution in [0.1, 0.15) is 25.5 Å². The summed E-state index contributed by atoms with van der Waals surface area (Å²) in [6, 6.07) is 6.88.